The zero-order chi connectivity index (χ0) is 14.7. The Bertz CT molecular complexity index is 586. The molecule has 1 aromatic carbocycles. The van der Waals surface area contributed by atoms with Gasteiger partial charge in [0.2, 0.25) is 0 Å². The first-order chi connectivity index (χ1) is 9.58. The molecule has 1 aromatic heterocycles. The number of methoxy groups -OCH3 is 1. The summed E-state index contributed by atoms with van der Waals surface area (Å²) in [5.41, 5.74) is 1.48. The third kappa shape index (κ3) is 2.81. The number of rotatable bonds is 5. The monoisotopic (exact) mass is 295 g/mol. The lowest BCUT2D eigenvalue weighted by Gasteiger charge is -2.18. The largest absolute Gasteiger partial charge is 0.497 e. The molecule has 0 radical (unpaired) electrons. The van der Waals surface area contributed by atoms with Gasteiger partial charge in [0.15, 0.2) is 0 Å². The average Bonchev–Trinajstić information content (AvgIpc) is 2.90. The molecule has 6 heteroatoms. The molecular weight excluding hydrogens is 277 g/mol. The first kappa shape index (κ1) is 14.9. The number of aromatic nitrogens is 2. The lowest BCUT2D eigenvalue weighted by molar-refractivity contribution is 0.410. The summed E-state index contributed by atoms with van der Waals surface area (Å²) in [5.74, 6) is 0.459. The zero-order valence-corrected chi connectivity index (χ0v) is 12.8. The molecule has 0 fully saturated rings. The van der Waals surface area contributed by atoms with Crippen molar-refractivity contribution in [1.82, 2.24) is 14.9 Å². The van der Waals surface area contributed by atoms with Crippen LogP contribution < -0.4 is 10.1 Å². The van der Waals surface area contributed by atoms with Crippen LogP contribution in [0.15, 0.2) is 18.2 Å². The summed E-state index contributed by atoms with van der Waals surface area (Å²) >= 11 is 1.30. The average molecular weight is 295 g/mol. The van der Waals surface area contributed by atoms with E-state index in [-0.39, 0.29) is 17.8 Å². The molecule has 0 aliphatic rings. The maximum atomic E-state index is 14.2. The summed E-state index contributed by atoms with van der Waals surface area (Å²) in [4.78, 5) is 0.951. The van der Waals surface area contributed by atoms with E-state index in [0.717, 1.165) is 10.6 Å². The van der Waals surface area contributed by atoms with Crippen LogP contribution in [0.25, 0.3) is 0 Å². The maximum absolute atomic E-state index is 14.2. The van der Waals surface area contributed by atoms with Gasteiger partial charge in [0.1, 0.15) is 11.6 Å². The van der Waals surface area contributed by atoms with E-state index in [4.69, 9.17) is 4.74 Å². The number of nitrogens with one attached hydrogen (secondary N) is 1. The van der Waals surface area contributed by atoms with E-state index in [1.807, 2.05) is 0 Å². The van der Waals surface area contributed by atoms with Gasteiger partial charge in [-0.1, -0.05) is 24.4 Å². The molecule has 1 heterocycles. The fraction of sp³-hybridized carbons (Fsp3) is 0.429. The lowest BCUT2D eigenvalue weighted by atomic mass is 10.00. The minimum Gasteiger partial charge on any atom is -0.497 e. The summed E-state index contributed by atoms with van der Waals surface area (Å²) in [6.45, 7) is 4.11. The minimum absolute atomic E-state index is 0.251. The lowest BCUT2D eigenvalue weighted by Crippen LogP contribution is -2.19. The number of halogens is 1. The van der Waals surface area contributed by atoms with Crippen LogP contribution in [0.3, 0.4) is 0 Å². The summed E-state index contributed by atoms with van der Waals surface area (Å²) in [6, 6.07) is 4.63. The van der Waals surface area contributed by atoms with Crippen molar-refractivity contribution in [2.45, 2.75) is 25.8 Å². The molecule has 0 spiro atoms. The zero-order valence-electron chi connectivity index (χ0n) is 12.0. The van der Waals surface area contributed by atoms with Crippen LogP contribution in [0.2, 0.25) is 0 Å². The highest BCUT2D eigenvalue weighted by Gasteiger charge is 2.24. The summed E-state index contributed by atoms with van der Waals surface area (Å²) < 4.78 is 23.3. The van der Waals surface area contributed by atoms with Crippen LogP contribution in [0.4, 0.5) is 4.39 Å². The number of benzene rings is 1. The fourth-order valence-corrected chi connectivity index (χ4v) is 3.04. The van der Waals surface area contributed by atoms with Crippen LogP contribution in [0, 0.1) is 5.82 Å². The first-order valence-electron chi connectivity index (χ1n) is 6.41. The summed E-state index contributed by atoms with van der Waals surface area (Å²) in [6.07, 6.45) is 0. The van der Waals surface area contributed by atoms with Crippen molar-refractivity contribution in [1.29, 1.82) is 0 Å². The van der Waals surface area contributed by atoms with Gasteiger partial charge in [-0.25, -0.2) is 4.39 Å². The van der Waals surface area contributed by atoms with Gasteiger partial charge in [0.05, 0.1) is 23.7 Å². The molecule has 108 valence electrons. The molecule has 0 saturated carbocycles. The van der Waals surface area contributed by atoms with Crippen molar-refractivity contribution >= 4 is 11.5 Å². The molecule has 0 aliphatic heterocycles. The molecule has 20 heavy (non-hydrogen) atoms. The van der Waals surface area contributed by atoms with Crippen LogP contribution >= 0.6 is 11.5 Å². The highest BCUT2D eigenvalue weighted by atomic mass is 32.1. The van der Waals surface area contributed by atoms with Crippen molar-refractivity contribution in [3.05, 3.63) is 40.2 Å². The van der Waals surface area contributed by atoms with Gasteiger partial charge in [-0.05, 0) is 30.6 Å². The smallest absolute Gasteiger partial charge is 0.132 e. The molecule has 0 aliphatic carbocycles. The highest BCUT2D eigenvalue weighted by molar-refractivity contribution is 7.05. The molecule has 2 rings (SSSR count). The van der Waals surface area contributed by atoms with Gasteiger partial charge in [0.25, 0.3) is 0 Å². The van der Waals surface area contributed by atoms with Gasteiger partial charge in [0, 0.05) is 11.6 Å². The van der Waals surface area contributed by atoms with Gasteiger partial charge in [-0.15, -0.1) is 5.10 Å². The Balaban J connectivity index is 2.44. The van der Waals surface area contributed by atoms with Crippen LogP contribution in [0.5, 0.6) is 5.75 Å². The van der Waals surface area contributed by atoms with Crippen molar-refractivity contribution in [3.8, 4) is 5.75 Å². The fourth-order valence-electron chi connectivity index (χ4n) is 2.10. The molecule has 1 atom stereocenters. The van der Waals surface area contributed by atoms with E-state index >= 15 is 0 Å². The van der Waals surface area contributed by atoms with Crippen molar-refractivity contribution < 1.29 is 9.13 Å². The molecule has 1 unspecified atom stereocenters. The summed E-state index contributed by atoms with van der Waals surface area (Å²) in [5, 5.41) is 7.30. The van der Waals surface area contributed by atoms with Crippen molar-refractivity contribution in [2.24, 2.45) is 0 Å². The van der Waals surface area contributed by atoms with E-state index in [1.54, 1.807) is 19.2 Å². The first-order valence-corrected chi connectivity index (χ1v) is 7.18. The van der Waals surface area contributed by atoms with Gasteiger partial charge in [-0.2, -0.15) is 0 Å². The Kier molecular flexibility index (Phi) is 4.67. The predicted octanol–water partition coefficient (Wildman–Crippen LogP) is 3.12. The molecule has 4 nitrogen and oxygen atoms in total. The molecule has 1 N–H and O–H groups in total. The molecule has 2 aromatic rings. The quantitative estimate of drug-likeness (QED) is 0.920. The number of hydrogen-bond acceptors (Lipinski definition) is 5. The van der Waals surface area contributed by atoms with Gasteiger partial charge in [-0.3, -0.25) is 0 Å². The third-order valence-electron chi connectivity index (χ3n) is 3.16. The van der Waals surface area contributed by atoms with E-state index in [2.05, 4.69) is 28.8 Å². The molecule has 0 bridgehead atoms. The van der Waals surface area contributed by atoms with Gasteiger partial charge >= 0.3 is 0 Å². The summed E-state index contributed by atoms with van der Waals surface area (Å²) in [7, 11) is 3.33. The molecular formula is C14H18FN3OS. The Labute approximate surface area is 122 Å². The molecule has 0 saturated heterocycles. The third-order valence-corrected chi connectivity index (χ3v) is 3.96. The Morgan fingerprint density at radius 1 is 1.35 bits per heavy atom. The van der Waals surface area contributed by atoms with E-state index in [1.165, 1.54) is 24.7 Å². The Morgan fingerprint density at radius 3 is 2.65 bits per heavy atom. The van der Waals surface area contributed by atoms with E-state index in [9.17, 15) is 4.39 Å². The van der Waals surface area contributed by atoms with Crippen molar-refractivity contribution in [2.75, 3.05) is 14.2 Å². The predicted molar refractivity (Wildman–Crippen MR) is 77.9 cm³/mol. The Morgan fingerprint density at radius 2 is 2.10 bits per heavy atom. The standard InChI is InChI=1S/C14H18FN3OS/c1-8(2)12-14(20-18-17-12)13(16-3)10-6-5-9(19-4)7-11(10)15/h5-8,13,16H,1-4H3. The Hall–Kier alpha value is -1.53. The van der Waals surface area contributed by atoms with Gasteiger partial charge < -0.3 is 10.1 Å². The van der Waals surface area contributed by atoms with Crippen LogP contribution in [-0.2, 0) is 0 Å². The molecule has 0 amide bonds. The van der Waals surface area contributed by atoms with E-state index in [0.29, 0.717) is 11.3 Å². The topological polar surface area (TPSA) is 47.0 Å². The van der Waals surface area contributed by atoms with Crippen LogP contribution in [0.1, 0.15) is 41.9 Å². The second-order valence-corrected chi connectivity index (χ2v) is 5.57. The normalized spacial score (nSPS) is 12.7. The number of nitrogens with zero attached hydrogens (tertiary/aromatic N) is 2. The van der Waals surface area contributed by atoms with Crippen LogP contribution in [-0.4, -0.2) is 23.7 Å². The second kappa shape index (κ2) is 6.28. The minimum atomic E-state index is -0.299. The van der Waals surface area contributed by atoms with E-state index < -0.39 is 0 Å². The maximum Gasteiger partial charge on any atom is 0.132 e. The number of hydrogen-bond donors (Lipinski definition) is 1. The highest BCUT2D eigenvalue weighted by Crippen LogP contribution is 2.32. The second-order valence-electron chi connectivity index (χ2n) is 4.79. The number of ether oxygens (including phenoxy) is 1. The van der Waals surface area contributed by atoms with Crippen molar-refractivity contribution in [3.63, 3.8) is 0 Å². The SMILES string of the molecule is CNC(c1ccc(OC)cc1F)c1snnc1C(C)C.